The minimum absolute atomic E-state index is 0.0821. The molecule has 0 aliphatic heterocycles. The number of aliphatic carboxylic acids is 1. The number of thioether (sulfide) groups is 1. The average molecular weight is 281 g/mol. The molecule has 1 N–H and O–H groups in total. The third-order valence-electron chi connectivity index (χ3n) is 2.46. The molecule has 0 saturated carbocycles. The summed E-state index contributed by atoms with van der Waals surface area (Å²) in [5.74, 6) is -0.635. The zero-order valence-electron chi connectivity index (χ0n) is 10.2. The van der Waals surface area contributed by atoms with E-state index in [2.05, 4.69) is 10.2 Å². The number of rotatable bonds is 5. The predicted octanol–water partition coefficient (Wildman–Crippen LogP) is 1.95. The van der Waals surface area contributed by atoms with Crippen LogP contribution in [-0.4, -0.2) is 31.6 Å². The molecular formula is C12H12FN3O2S. The highest BCUT2D eigenvalue weighted by atomic mass is 32.2. The third-order valence-corrected chi connectivity index (χ3v) is 3.41. The van der Waals surface area contributed by atoms with Crippen LogP contribution >= 0.6 is 11.8 Å². The largest absolute Gasteiger partial charge is 0.481 e. The van der Waals surface area contributed by atoms with Crippen molar-refractivity contribution in [3.05, 3.63) is 41.5 Å². The fourth-order valence-corrected chi connectivity index (χ4v) is 2.30. The first-order valence-corrected chi connectivity index (χ1v) is 6.53. The monoisotopic (exact) mass is 281 g/mol. The quantitative estimate of drug-likeness (QED) is 0.848. The Bertz CT molecular complexity index is 600. The normalized spacial score (nSPS) is 10.6. The van der Waals surface area contributed by atoms with E-state index >= 15 is 0 Å². The molecule has 0 radical (unpaired) electrons. The molecule has 1 aromatic heterocycles. The summed E-state index contributed by atoms with van der Waals surface area (Å²) in [7, 11) is 0. The molecule has 1 aromatic carbocycles. The lowest BCUT2D eigenvalue weighted by atomic mass is 10.2. The Morgan fingerprint density at radius 3 is 2.95 bits per heavy atom. The van der Waals surface area contributed by atoms with Gasteiger partial charge in [0.05, 0.1) is 12.3 Å². The number of hydrogen-bond donors (Lipinski definition) is 1. The lowest BCUT2D eigenvalue weighted by Gasteiger charge is -2.07. The molecular weight excluding hydrogens is 269 g/mol. The summed E-state index contributed by atoms with van der Waals surface area (Å²) in [5.41, 5.74) is 0.778. The smallest absolute Gasteiger partial charge is 0.313 e. The second kappa shape index (κ2) is 5.83. The minimum atomic E-state index is -0.914. The van der Waals surface area contributed by atoms with E-state index in [0.717, 1.165) is 17.3 Å². The second-order valence-electron chi connectivity index (χ2n) is 3.93. The molecule has 0 atom stereocenters. The maximum absolute atomic E-state index is 13.1. The second-order valence-corrected chi connectivity index (χ2v) is 4.87. The number of carboxylic acid groups (broad SMARTS) is 1. The van der Waals surface area contributed by atoms with Crippen molar-refractivity contribution in [3.63, 3.8) is 0 Å². The number of hydrogen-bond acceptors (Lipinski definition) is 4. The molecule has 0 bridgehead atoms. The van der Waals surface area contributed by atoms with Crippen LogP contribution in [0.4, 0.5) is 4.39 Å². The van der Waals surface area contributed by atoms with Gasteiger partial charge in [-0.25, -0.2) is 4.39 Å². The first-order chi connectivity index (χ1) is 9.06. The lowest BCUT2D eigenvalue weighted by molar-refractivity contribution is -0.133. The SMILES string of the molecule is Cc1nnc(SCC(=O)O)n1Cc1cccc(F)c1. The molecule has 0 fully saturated rings. The van der Waals surface area contributed by atoms with E-state index < -0.39 is 5.97 Å². The van der Waals surface area contributed by atoms with Crippen LogP contribution < -0.4 is 0 Å². The van der Waals surface area contributed by atoms with Crippen LogP contribution in [0.2, 0.25) is 0 Å². The van der Waals surface area contributed by atoms with Crippen molar-refractivity contribution in [2.45, 2.75) is 18.6 Å². The zero-order valence-corrected chi connectivity index (χ0v) is 11.0. The molecule has 2 aromatic rings. The first-order valence-electron chi connectivity index (χ1n) is 5.55. The van der Waals surface area contributed by atoms with Crippen LogP contribution in [-0.2, 0) is 11.3 Å². The van der Waals surface area contributed by atoms with Crippen molar-refractivity contribution in [1.29, 1.82) is 0 Å². The summed E-state index contributed by atoms with van der Waals surface area (Å²) < 4.78 is 14.9. The fourth-order valence-electron chi connectivity index (χ4n) is 1.59. The Hall–Kier alpha value is -1.89. The van der Waals surface area contributed by atoms with Crippen LogP contribution in [0, 0.1) is 12.7 Å². The van der Waals surface area contributed by atoms with Gasteiger partial charge in [-0.3, -0.25) is 4.79 Å². The maximum Gasteiger partial charge on any atom is 0.313 e. The van der Waals surface area contributed by atoms with Gasteiger partial charge in [0.2, 0.25) is 0 Å². The predicted molar refractivity (Wildman–Crippen MR) is 68.6 cm³/mol. The van der Waals surface area contributed by atoms with Gasteiger partial charge >= 0.3 is 5.97 Å². The molecule has 0 aliphatic rings. The summed E-state index contributed by atoms with van der Waals surface area (Å²) in [5, 5.41) is 17.0. The maximum atomic E-state index is 13.1. The number of carboxylic acids is 1. The summed E-state index contributed by atoms with van der Waals surface area (Å²) in [4.78, 5) is 10.6. The molecule has 0 saturated heterocycles. The Balaban J connectivity index is 2.19. The summed E-state index contributed by atoms with van der Waals surface area (Å²) >= 11 is 1.10. The molecule has 19 heavy (non-hydrogen) atoms. The Kier molecular flexibility index (Phi) is 4.16. The number of aryl methyl sites for hydroxylation is 1. The highest BCUT2D eigenvalue weighted by Gasteiger charge is 2.11. The van der Waals surface area contributed by atoms with Gasteiger partial charge in [-0.1, -0.05) is 23.9 Å². The molecule has 7 heteroatoms. The summed E-state index contributed by atoms with van der Waals surface area (Å²) in [6.45, 7) is 2.19. The number of aromatic nitrogens is 3. The van der Waals surface area contributed by atoms with Gasteiger partial charge in [0.1, 0.15) is 11.6 Å². The Morgan fingerprint density at radius 2 is 2.26 bits per heavy atom. The fraction of sp³-hybridized carbons (Fsp3) is 0.250. The van der Waals surface area contributed by atoms with E-state index in [1.54, 1.807) is 23.6 Å². The van der Waals surface area contributed by atoms with E-state index in [1.807, 2.05) is 0 Å². The van der Waals surface area contributed by atoms with Gasteiger partial charge in [-0.05, 0) is 24.6 Å². The van der Waals surface area contributed by atoms with Gasteiger partial charge in [0.15, 0.2) is 5.16 Å². The van der Waals surface area contributed by atoms with Gasteiger partial charge < -0.3 is 9.67 Å². The molecule has 2 rings (SSSR count). The van der Waals surface area contributed by atoms with Crippen LogP contribution in [0.1, 0.15) is 11.4 Å². The standard InChI is InChI=1S/C12H12FN3O2S/c1-8-14-15-12(19-7-11(17)18)16(8)6-9-3-2-4-10(13)5-9/h2-5H,6-7H2,1H3,(H,17,18). The number of halogens is 1. The van der Waals surface area contributed by atoms with Crippen molar-refractivity contribution in [2.75, 3.05) is 5.75 Å². The number of benzene rings is 1. The van der Waals surface area contributed by atoms with Gasteiger partial charge in [0.25, 0.3) is 0 Å². The van der Waals surface area contributed by atoms with Crippen molar-refractivity contribution >= 4 is 17.7 Å². The molecule has 5 nitrogen and oxygen atoms in total. The van der Waals surface area contributed by atoms with Crippen molar-refractivity contribution in [2.24, 2.45) is 0 Å². The molecule has 1 heterocycles. The van der Waals surface area contributed by atoms with E-state index in [-0.39, 0.29) is 11.6 Å². The summed E-state index contributed by atoms with van der Waals surface area (Å²) in [6.07, 6.45) is 0. The molecule has 0 spiro atoms. The molecule has 0 unspecified atom stereocenters. The van der Waals surface area contributed by atoms with Crippen LogP contribution in [0.25, 0.3) is 0 Å². The first kappa shape index (κ1) is 13.5. The van der Waals surface area contributed by atoms with E-state index in [1.165, 1.54) is 12.1 Å². The highest BCUT2D eigenvalue weighted by molar-refractivity contribution is 7.99. The van der Waals surface area contributed by atoms with Crippen molar-refractivity contribution in [3.8, 4) is 0 Å². The lowest BCUT2D eigenvalue weighted by Crippen LogP contribution is -2.06. The van der Waals surface area contributed by atoms with E-state index in [4.69, 9.17) is 5.11 Å². The van der Waals surface area contributed by atoms with Crippen LogP contribution in [0.3, 0.4) is 0 Å². The zero-order chi connectivity index (χ0) is 13.8. The van der Waals surface area contributed by atoms with E-state index in [0.29, 0.717) is 17.5 Å². The van der Waals surface area contributed by atoms with Crippen LogP contribution in [0.15, 0.2) is 29.4 Å². The average Bonchev–Trinajstić information content (AvgIpc) is 2.68. The molecule has 0 amide bonds. The van der Waals surface area contributed by atoms with Gasteiger partial charge in [-0.15, -0.1) is 10.2 Å². The molecule has 100 valence electrons. The van der Waals surface area contributed by atoms with Gasteiger partial charge in [-0.2, -0.15) is 0 Å². The van der Waals surface area contributed by atoms with Crippen molar-refractivity contribution in [1.82, 2.24) is 14.8 Å². The summed E-state index contributed by atoms with van der Waals surface area (Å²) in [6, 6.07) is 6.25. The van der Waals surface area contributed by atoms with Crippen molar-refractivity contribution < 1.29 is 14.3 Å². The van der Waals surface area contributed by atoms with Crippen LogP contribution in [0.5, 0.6) is 0 Å². The third kappa shape index (κ3) is 3.54. The molecule has 0 aliphatic carbocycles. The number of carbonyl (C=O) groups is 1. The number of nitrogens with zero attached hydrogens (tertiary/aromatic N) is 3. The Labute approximate surface area is 113 Å². The topological polar surface area (TPSA) is 68.0 Å². The van der Waals surface area contributed by atoms with E-state index in [9.17, 15) is 9.18 Å². The minimum Gasteiger partial charge on any atom is -0.481 e. The Morgan fingerprint density at radius 1 is 1.47 bits per heavy atom. The van der Waals surface area contributed by atoms with Gasteiger partial charge in [0, 0.05) is 0 Å². The highest BCUT2D eigenvalue weighted by Crippen LogP contribution is 2.18.